The van der Waals surface area contributed by atoms with Gasteiger partial charge in [0.1, 0.15) is 6.04 Å². The molecule has 3 N–H and O–H groups in total. The summed E-state index contributed by atoms with van der Waals surface area (Å²) in [5.41, 5.74) is 6.57. The molecule has 248 valence electrons. The monoisotopic (exact) mass is 675 g/mol. The SMILES string of the molecule is O=C1CCC(N2Cc3c(csc3CNC(=O)Nc3cccc(N4CCC(n5cc(-c6cnc7ccccc7n6)cn5)CC4)c3)C2=O)C(=O)N1. The van der Waals surface area contributed by atoms with Crippen LogP contribution in [0.2, 0.25) is 0 Å². The third-order valence-corrected chi connectivity index (χ3v) is 10.5. The molecule has 0 radical (unpaired) electrons. The van der Waals surface area contributed by atoms with E-state index in [9.17, 15) is 19.2 Å². The lowest BCUT2D eigenvalue weighted by atomic mass is 10.0. The second kappa shape index (κ2) is 12.8. The van der Waals surface area contributed by atoms with E-state index in [1.165, 1.54) is 16.2 Å². The van der Waals surface area contributed by atoms with Crippen LogP contribution in [0.1, 0.15) is 52.5 Å². The molecule has 0 saturated carbocycles. The van der Waals surface area contributed by atoms with Crippen molar-refractivity contribution in [1.29, 1.82) is 0 Å². The third-order valence-electron chi connectivity index (χ3n) is 9.45. The molecule has 14 heteroatoms. The Hall–Kier alpha value is -5.63. The van der Waals surface area contributed by atoms with Crippen LogP contribution < -0.4 is 20.9 Å². The van der Waals surface area contributed by atoms with Crippen molar-refractivity contribution < 1.29 is 19.2 Å². The van der Waals surface area contributed by atoms with Gasteiger partial charge in [0, 0.05) is 59.4 Å². The van der Waals surface area contributed by atoms with Gasteiger partial charge in [0.05, 0.1) is 47.3 Å². The number of thiophene rings is 1. The van der Waals surface area contributed by atoms with Gasteiger partial charge in [-0.1, -0.05) is 18.2 Å². The van der Waals surface area contributed by atoms with Crippen LogP contribution in [0.5, 0.6) is 0 Å². The molecule has 13 nitrogen and oxygen atoms in total. The highest BCUT2D eigenvalue weighted by atomic mass is 32.1. The smallest absolute Gasteiger partial charge is 0.319 e. The molecule has 1 atom stereocenters. The summed E-state index contributed by atoms with van der Waals surface area (Å²) in [6.07, 6.45) is 8.07. The summed E-state index contributed by atoms with van der Waals surface area (Å²) in [7, 11) is 0. The van der Waals surface area contributed by atoms with Gasteiger partial charge in [0.25, 0.3) is 5.91 Å². The maximum atomic E-state index is 13.0. The maximum Gasteiger partial charge on any atom is 0.319 e. The first kappa shape index (κ1) is 30.7. The number of nitrogens with zero attached hydrogens (tertiary/aromatic N) is 6. The summed E-state index contributed by atoms with van der Waals surface area (Å²) in [4.78, 5) is 63.8. The van der Waals surface area contributed by atoms with Crippen LogP contribution in [0.25, 0.3) is 22.3 Å². The van der Waals surface area contributed by atoms with Crippen LogP contribution >= 0.6 is 11.3 Å². The Morgan fingerprint density at radius 3 is 2.67 bits per heavy atom. The summed E-state index contributed by atoms with van der Waals surface area (Å²) in [6.45, 7) is 2.23. The number of anilines is 2. The zero-order chi connectivity index (χ0) is 33.5. The number of para-hydroxylation sites is 2. The van der Waals surface area contributed by atoms with Gasteiger partial charge < -0.3 is 20.4 Å². The summed E-state index contributed by atoms with van der Waals surface area (Å²) >= 11 is 1.41. The highest BCUT2D eigenvalue weighted by molar-refractivity contribution is 7.10. The number of imide groups is 1. The number of carbonyl (C=O) groups excluding carboxylic acids is 4. The number of aromatic nitrogens is 4. The number of rotatable bonds is 7. The van der Waals surface area contributed by atoms with E-state index < -0.39 is 11.9 Å². The number of hydrogen-bond acceptors (Lipinski definition) is 9. The molecular weight excluding hydrogens is 643 g/mol. The minimum absolute atomic E-state index is 0.205. The molecule has 0 bridgehead atoms. The Kier molecular flexibility index (Phi) is 7.99. The molecule has 3 aliphatic rings. The van der Waals surface area contributed by atoms with Crippen molar-refractivity contribution in [1.82, 2.24) is 35.3 Å². The molecule has 0 aliphatic carbocycles. The first-order valence-corrected chi connectivity index (χ1v) is 17.2. The zero-order valence-corrected chi connectivity index (χ0v) is 27.3. The lowest BCUT2D eigenvalue weighted by molar-refractivity contribution is -0.136. The number of carbonyl (C=O) groups is 4. The fraction of sp³-hybridized carbons (Fsp3) is 0.286. The number of piperidine rings is 2. The van der Waals surface area contributed by atoms with Gasteiger partial charge in [0.2, 0.25) is 11.8 Å². The topological polar surface area (TPSA) is 154 Å². The lowest BCUT2D eigenvalue weighted by Crippen LogP contribution is -2.52. The molecule has 2 saturated heterocycles. The lowest BCUT2D eigenvalue weighted by Gasteiger charge is -2.34. The van der Waals surface area contributed by atoms with Crippen LogP contribution in [0.15, 0.2) is 72.5 Å². The van der Waals surface area contributed by atoms with Crippen molar-refractivity contribution in [2.24, 2.45) is 0 Å². The molecule has 2 aromatic carbocycles. The average molecular weight is 676 g/mol. The van der Waals surface area contributed by atoms with Crippen molar-refractivity contribution in [3.63, 3.8) is 0 Å². The fourth-order valence-electron chi connectivity index (χ4n) is 6.82. The summed E-state index contributed by atoms with van der Waals surface area (Å²) < 4.78 is 2.04. The standard InChI is InChI=1S/C35H33N9O4S/c45-32-9-8-30(33(46)41-32)43-19-25-26(34(43)47)20-49-31(25)17-37-35(48)39-22-4-3-5-24(14-22)42-12-10-23(11-13-42)44-18-21(15-38-44)29-16-36-27-6-1-2-7-28(27)40-29/h1-7,14-16,18,20,23,30H,8-13,17,19H2,(H2,37,39,48)(H,41,45,46). The zero-order valence-electron chi connectivity index (χ0n) is 26.5. The predicted molar refractivity (Wildman–Crippen MR) is 184 cm³/mol. The van der Waals surface area contributed by atoms with Gasteiger partial charge in [-0.25, -0.2) is 9.78 Å². The molecule has 5 aromatic rings. The van der Waals surface area contributed by atoms with Gasteiger partial charge in [0.15, 0.2) is 0 Å². The predicted octanol–water partition coefficient (Wildman–Crippen LogP) is 4.48. The Bertz CT molecular complexity index is 2100. The quantitative estimate of drug-likeness (QED) is 0.214. The summed E-state index contributed by atoms with van der Waals surface area (Å²) in [6, 6.07) is 14.9. The molecule has 1 unspecified atom stereocenters. The number of nitrogens with one attached hydrogen (secondary N) is 3. The van der Waals surface area contributed by atoms with Crippen molar-refractivity contribution >= 4 is 57.5 Å². The van der Waals surface area contributed by atoms with Crippen molar-refractivity contribution in [3.8, 4) is 11.3 Å². The van der Waals surface area contributed by atoms with Gasteiger partial charge in [-0.2, -0.15) is 5.10 Å². The molecular formula is C35H33N9O4S. The van der Waals surface area contributed by atoms with E-state index in [-0.39, 0.29) is 43.4 Å². The largest absolute Gasteiger partial charge is 0.371 e. The average Bonchev–Trinajstić information content (AvgIpc) is 3.85. The number of amides is 5. The maximum absolute atomic E-state index is 13.0. The van der Waals surface area contributed by atoms with Crippen molar-refractivity contribution in [2.75, 3.05) is 23.3 Å². The first-order valence-electron chi connectivity index (χ1n) is 16.3. The van der Waals surface area contributed by atoms with Crippen LogP contribution in [0, 0.1) is 0 Å². The van der Waals surface area contributed by atoms with Crippen molar-refractivity contribution in [2.45, 2.75) is 50.9 Å². The fourth-order valence-corrected chi connectivity index (χ4v) is 7.80. The van der Waals surface area contributed by atoms with Gasteiger partial charge in [-0.05, 0) is 55.2 Å². The van der Waals surface area contributed by atoms with E-state index in [0.717, 1.165) is 64.3 Å². The van der Waals surface area contributed by atoms with E-state index in [0.29, 0.717) is 17.7 Å². The molecule has 8 rings (SSSR count). The highest BCUT2D eigenvalue weighted by Gasteiger charge is 2.40. The molecule has 0 spiro atoms. The highest BCUT2D eigenvalue weighted by Crippen LogP contribution is 2.34. The number of fused-ring (bicyclic) bond motifs is 2. The summed E-state index contributed by atoms with van der Waals surface area (Å²) in [5, 5.41) is 14.6. The van der Waals surface area contributed by atoms with Gasteiger partial charge >= 0.3 is 6.03 Å². The Morgan fingerprint density at radius 2 is 1.84 bits per heavy atom. The molecule has 49 heavy (non-hydrogen) atoms. The Morgan fingerprint density at radius 1 is 1.00 bits per heavy atom. The van der Waals surface area contributed by atoms with Crippen LogP contribution in [-0.2, 0) is 22.7 Å². The van der Waals surface area contributed by atoms with E-state index in [4.69, 9.17) is 4.98 Å². The van der Waals surface area contributed by atoms with E-state index in [1.807, 2.05) is 59.4 Å². The first-order chi connectivity index (χ1) is 23.9. The Labute approximate surface area is 285 Å². The minimum Gasteiger partial charge on any atom is -0.371 e. The van der Waals surface area contributed by atoms with Crippen molar-refractivity contribution in [3.05, 3.63) is 88.5 Å². The molecule has 3 aliphatic heterocycles. The molecule has 3 aromatic heterocycles. The van der Waals surface area contributed by atoms with E-state index >= 15 is 0 Å². The minimum atomic E-state index is -0.667. The number of urea groups is 1. The third kappa shape index (κ3) is 6.10. The number of hydrogen-bond donors (Lipinski definition) is 3. The van der Waals surface area contributed by atoms with Crippen LogP contribution in [0.3, 0.4) is 0 Å². The second-order valence-electron chi connectivity index (χ2n) is 12.5. The normalized spacial score (nSPS) is 18.1. The molecule has 6 heterocycles. The molecule has 5 amide bonds. The van der Waals surface area contributed by atoms with Crippen LogP contribution in [0.4, 0.5) is 16.2 Å². The second-order valence-corrected chi connectivity index (χ2v) is 13.4. The van der Waals surface area contributed by atoms with Crippen LogP contribution in [-0.4, -0.2) is 67.5 Å². The Balaban J connectivity index is 0.844. The summed E-state index contributed by atoms with van der Waals surface area (Å²) in [5.74, 6) is -0.978. The molecule has 2 fully saturated rings. The number of benzene rings is 2. The van der Waals surface area contributed by atoms with E-state index in [1.54, 1.807) is 11.6 Å². The van der Waals surface area contributed by atoms with Gasteiger partial charge in [-0.3, -0.25) is 29.4 Å². The van der Waals surface area contributed by atoms with Gasteiger partial charge in [-0.15, -0.1) is 11.3 Å². The van der Waals surface area contributed by atoms with E-state index in [2.05, 4.69) is 37.1 Å².